The number of rotatable bonds is 5. The highest BCUT2D eigenvalue weighted by atomic mass is 16.7. The smallest absolute Gasteiger partial charge is 0.267 e. The van der Waals surface area contributed by atoms with Gasteiger partial charge in [0.1, 0.15) is 12.7 Å². The van der Waals surface area contributed by atoms with Gasteiger partial charge in [-0.3, -0.25) is 4.79 Å². The molecule has 0 spiro atoms. The predicted octanol–water partition coefficient (Wildman–Crippen LogP) is 1.54. The highest BCUT2D eigenvalue weighted by Crippen LogP contribution is 2.26. The second-order valence-corrected chi connectivity index (χ2v) is 5.84. The van der Waals surface area contributed by atoms with Crippen LogP contribution in [-0.4, -0.2) is 38.5 Å². The zero-order valence-electron chi connectivity index (χ0n) is 13.1. The van der Waals surface area contributed by atoms with Crippen LogP contribution in [0.25, 0.3) is 0 Å². The Kier molecular flexibility index (Phi) is 4.10. The van der Waals surface area contributed by atoms with Crippen molar-refractivity contribution in [2.24, 2.45) is 5.16 Å². The minimum Gasteiger partial charge on any atom is -0.379 e. The minimum atomic E-state index is -0.979. The quantitative estimate of drug-likeness (QED) is 0.908. The zero-order chi connectivity index (χ0) is 16.3. The van der Waals surface area contributed by atoms with Gasteiger partial charge in [0, 0.05) is 13.0 Å². The van der Waals surface area contributed by atoms with E-state index in [1.165, 1.54) is 6.33 Å². The molecule has 2 aromatic rings. The molecule has 120 valence electrons. The number of nitrogens with one attached hydrogen (secondary N) is 1. The summed E-state index contributed by atoms with van der Waals surface area (Å²) in [5, 5.41) is 11.0. The van der Waals surface area contributed by atoms with Crippen LogP contribution in [0.1, 0.15) is 31.9 Å². The number of oxime groups is 1. The van der Waals surface area contributed by atoms with Gasteiger partial charge in [-0.2, -0.15) is 5.10 Å². The van der Waals surface area contributed by atoms with Crippen molar-refractivity contribution in [2.45, 2.75) is 31.9 Å². The summed E-state index contributed by atoms with van der Waals surface area (Å²) in [6.45, 7) is 4.16. The van der Waals surface area contributed by atoms with E-state index in [1.54, 1.807) is 17.9 Å². The lowest BCUT2D eigenvalue weighted by Crippen LogP contribution is -2.46. The van der Waals surface area contributed by atoms with Crippen LogP contribution in [0.15, 0.2) is 48.1 Å². The fourth-order valence-electron chi connectivity index (χ4n) is 2.41. The second kappa shape index (κ2) is 6.20. The van der Waals surface area contributed by atoms with Gasteiger partial charge in [0.2, 0.25) is 5.60 Å². The molecule has 1 aliphatic heterocycles. The Morgan fingerprint density at radius 1 is 1.43 bits per heavy atom. The van der Waals surface area contributed by atoms with Gasteiger partial charge in [-0.1, -0.05) is 35.5 Å². The summed E-state index contributed by atoms with van der Waals surface area (Å²) in [7, 11) is 0. The first-order valence-corrected chi connectivity index (χ1v) is 7.51. The third-order valence-corrected chi connectivity index (χ3v) is 3.90. The van der Waals surface area contributed by atoms with Gasteiger partial charge in [0.05, 0.1) is 11.8 Å². The van der Waals surface area contributed by atoms with E-state index in [1.807, 2.05) is 37.3 Å². The summed E-state index contributed by atoms with van der Waals surface area (Å²) < 4.78 is 1.70. The second-order valence-electron chi connectivity index (χ2n) is 5.84. The van der Waals surface area contributed by atoms with Crippen LogP contribution in [0, 0.1) is 0 Å². The molecule has 2 atom stereocenters. The first-order valence-electron chi connectivity index (χ1n) is 7.51. The molecule has 1 aromatic carbocycles. The normalized spacial score (nSPS) is 21.4. The van der Waals surface area contributed by atoms with Gasteiger partial charge in [0.25, 0.3) is 5.91 Å². The molecular weight excluding hydrogens is 294 g/mol. The lowest BCUT2D eigenvalue weighted by molar-refractivity contribution is -0.141. The molecule has 23 heavy (non-hydrogen) atoms. The molecule has 1 aromatic heterocycles. The lowest BCUT2D eigenvalue weighted by Gasteiger charge is -2.21. The molecule has 2 unspecified atom stereocenters. The molecule has 3 rings (SSSR count). The highest BCUT2D eigenvalue weighted by Gasteiger charge is 2.42. The molecule has 0 radical (unpaired) electrons. The maximum absolute atomic E-state index is 12.5. The third kappa shape index (κ3) is 3.23. The van der Waals surface area contributed by atoms with E-state index in [9.17, 15) is 4.79 Å². The zero-order valence-corrected chi connectivity index (χ0v) is 13.1. The molecule has 7 heteroatoms. The van der Waals surface area contributed by atoms with E-state index < -0.39 is 5.60 Å². The van der Waals surface area contributed by atoms with Crippen molar-refractivity contribution >= 4 is 11.6 Å². The fourth-order valence-corrected chi connectivity index (χ4v) is 2.41. The molecule has 0 aliphatic carbocycles. The first-order chi connectivity index (χ1) is 11.1. The van der Waals surface area contributed by atoms with Gasteiger partial charge >= 0.3 is 0 Å². The maximum Gasteiger partial charge on any atom is 0.267 e. The summed E-state index contributed by atoms with van der Waals surface area (Å²) in [6.07, 6.45) is 3.54. The first kappa shape index (κ1) is 15.2. The topological polar surface area (TPSA) is 81.4 Å². The van der Waals surface area contributed by atoms with Crippen LogP contribution < -0.4 is 5.32 Å². The van der Waals surface area contributed by atoms with Crippen molar-refractivity contribution in [1.29, 1.82) is 0 Å². The number of benzene rings is 1. The Morgan fingerprint density at radius 3 is 2.91 bits per heavy atom. The van der Waals surface area contributed by atoms with Gasteiger partial charge in [-0.05, 0) is 19.4 Å². The summed E-state index contributed by atoms with van der Waals surface area (Å²) in [5.41, 5.74) is 0.778. The van der Waals surface area contributed by atoms with Crippen LogP contribution in [0.3, 0.4) is 0 Å². The molecular formula is C16H19N5O2. The molecule has 2 heterocycles. The van der Waals surface area contributed by atoms with Crippen molar-refractivity contribution in [3.63, 3.8) is 0 Å². The van der Waals surface area contributed by atoms with Gasteiger partial charge in [-0.15, -0.1) is 0 Å². The van der Waals surface area contributed by atoms with Crippen molar-refractivity contribution in [3.05, 3.63) is 48.5 Å². The molecule has 0 saturated carbocycles. The van der Waals surface area contributed by atoms with Crippen molar-refractivity contribution in [3.8, 4) is 0 Å². The number of hydrogen-bond acceptors (Lipinski definition) is 5. The molecule has 1 N–H and O–H groups in total. The van der Waals surface area contributed by atoms with Crippen LogP contribution in [0.5, 0.6) is 0 Å². The number of carbonyl (C=O) groups excluding carboxylic acids is 1. The van der Waals surface area contributed by atoms with Crippen LogP contribution in [0.4, 0.5) is 0 Å². The number of amides is 1. The van der Waals surface area contributed by atoms with Gasteiger partial charge in [0.15, 0.2) is 0 Å². The highest BCUT2D eigenvalue weighted by molar-refractivity contribution is 6.05. The molecule has 1 amide bonds. The molecule has 7 nitrogen and oxygen atoms in total. The monoisotopic (exact) mass is 313 g/mol. The van der Waals surface area contributed by atoms with Crippen LogP contribution in [-0.2, 0) is 9.63 Å². The average Bonchev–Trinajstić information content (AvgIpc) is 3.23. The average molecular weight is 313 g/mol. The number of aromatic nitrogens is 3. The number of carbonyl (C=O) groups is 1. The minimum absolute atomic E-state index is 0.0148. The number of hydrogen-bond donors (Lipinski definition) is 1. The molecule has 1 aliphatic rings. The predicted molar refractivity (Wildman–Crippen MR) is 84.8 cm³/mol. The van der Waals surface area contributed by atoms with Crippen molar-refractivity contribution < 1.29 is 9.63 Å². The molecule has 0 fully saturated rings. The third-order valence-electron chi connectivity index (χ3n) is 3.90. The lowest BCUT2D eigenvalue weighted by atomic mass is 9.95. The van der Waals surface area contributed by atoms with Crippen molar-refractivity contribution in [2.75, 3.05) is 6.54 Å². The summed E-state index contributed by atoms with van der Waals surface area (Å²) in [4.78, 5) is 21.8. The summed E-state index contributed by atoms with van der Waals surface area (Å²) in [6, 6.07) is 9.75. The summed E-state index contributed by atoms with van der Waals surface area (Å²) >= 11 is 0. The SMILES string of the molecule is CC(CNC(=O)C1(C)CC(c2ccccc2)=NO1)n1cncn1. The summed E-state index contributed by atoms with van der Waals surface area (Å²) in [5.74, 6) is -0.181. The Labute approximate surface area is 134 Å². The van der Waals surface area contributed by atoms with E-state index >= 15 is 0 Å². The van der Waals surface area contributed by atoms with Crippen LogP contribution >= 0.6 is 0 Å². The largest absolute Gasteiger partial charge is 0.379 e. The number of nitrogens with zero attached hydrogens (tertiary/aromatic N) is 4. The van der Waals surface area contributed by atoms with E-state index in [2.05, 4.69) is 20.6 Å². The van der Waals surface area contributed by atoms with Crippen molar-refractivity contribution in [1.82, 2.24) is 20.1 Å². The Bertz CT molecular complexity index is 699. The van der Waals surface area contributed by atoms with Crippen LogP contribution in [0.2, 0.25) is 0 Å². The Hall–Kier alpha value is -2.70. The Balaban J connectivity index is 1.58. The van der Waals surface area contributed by atoms with E-state index in [0.717, 1.165) is 11.3 Å². The van der Waals surface area contributed by atoms with E-state index in [4.69, 9.17) is 4.84 Å². The maximum atomic E-state index is 12.5. The van der Waals surface area contributed by atoms with E-state index in [-0.39, 0.29) is 11.9 Å². The van der Waals surface area contributed by atoms with Gasteiger partial charge < -0.3 is 10.2 Å². The fraction of sp³-hybridized carbons (Fsp3) is 0.375. The standard InChI is InChI=1S/C16H19N5O2/c1-12(21-11-17-10-19-21)9-18-15(22)16(2)8-14(20-23-16)13-6-4-3-5-7-13/h3-7,10-12H,8-9H2,1-2H3,(H,18,22). The molecule has 0 saturated heterocycles. The Morgan fingerprint density at radius 2 is 2.22 bits per heavy atom. The van der Waals surface area contributed by atoms with E-state index in [0.29, 0.717) is 13.0 Å². The van der Waals surface area contributed by atoms with Gasteiger partial charge in [-0.25, -0.2) is 9.67 Å². The molecule has 0 bridgehead atoms.